The van der Waals surface area contributed by atoms with Gasteiger partial charge in [-0.1, -0.05) is 0 Å². The molecule has 47 valence electrons. The number of hydrogen-bond acceptors (Lipinski definition) is 2. The molecular weight excluding hydrogens is 196 g/mol. The van der Waals surface area contributed by atoms with Gasteiger partial charge >= 0.3 is 0 Å². The third-order valence-electron chi connectivity index (χ3n) is 0. The van der Waals surface area contributed by atoms with E-state index in [1.54, 1.807) is 0 Å². The molecule has 0 spiro atoms. The van der Waals surface area contributed by atoms with Crippen LogP contribution in [-0.4, -0.2) is 23.2 Å². The second kappa shape index (κ2) is 44.1. The summed E-state index contributed by atoms with van der Waals surface area (Å²) in [6.07, 6.45) is 0. The van der Waals surface area contributed by atoms with E-state index in [4.69, 9.17) is 19.8 Å². The van der Waals surface area contributed by atoms with Crippen molar-refractivity contribution < 1.29 is 42.2 Å². The van der Waals surface area contributed by atoms with E-state index >= 15 is 0 Å². The average Bonchev–Trinajstić information content (AvgIpc) is 1.39. The summed E-state index contributed by atoms with van der Waals surface area (Å²) in [6, 6.07) is 0. The SMILES string of the molecule is O=CO.O=CO.[Ag]. The number of carbonyl (C=O) groups is 2. The standard InChI is InChI=1S/2CH2O2.Ag/c2*2-1-3;/h2*1H,(H,2,3);. The second-order valence-electron chi connectivity index (χ2n) is 0.211. The van der Waals surface area contributed by atoms with Crippen molar-refractivity contribution in [3.63, 3.8) is 0 Å². The third-order valence-corrected chi connectivity index (χ3v) is 0. The van der Waals surface area contributed by atoms with Crippen molar-refractivity contribution >= 4 is 12.9 Å². The number of hydrogen-bond donors (Lipinski definition) is 2. The van der Waals surface area contributed by atoms with Gasteiger partial charge in [-0.25, -0.2) is 0 Å². The van der Waals surface area contributed by atoms with Crippen molar-refractivity contribution in [3.8, 4) is 0 Å². The van der Waals surface area contributed by atoms with E-state index in [2.05, 4.69) is 0 Å². The van der Waals surface area contributed by atoms with Crippen LogP contribution < -0.4 is 0 Å². The van der Waals surface area contributed by atoms with Gasteiger partial charge < -0.3 is 10.2 Å². The predicted octanol–water partition coefficient (Wildman–Crippen LogP) is -0.601. The summed E-state index contributed by atoms with van der Waals surface area (Å²) in [5, 5.41) is 13.8. The first-order valence-corrected chi connectivity index (χ1v) is 0.988. The first-order chi connectivity index (χ1) is 2.83. The Balaban J connectivity index is -0.0000000400. The molecule has 0 aliphatic carbocycles. The van der Waals surface area contributed by atoms with Gasteiger partial charge in [0, 0.05) is 22.4 Å². The smallest absolute Gasteiger partial charge is 0.290 e. The molecule has 0 heterocycles. The Bertz CT molecular complexity index is 30.7. The molecule has 5 heteroatoms. The van der Waals surface area contributed by atoms with Crippen molar-refractivity contribution in [2.45, 2.75) is 0 Å². The fraction of sp³-hybridized carbons (Fsp3) is 0. The van der Waals surface area contributed by atoms with E-state index in [1.165, 1.54) is 0 Å². The van der Waals surface area contributed by atoms with Crippen molar-refractivity contribution in [3.05, 3.63) is 0 Å². The molecule has 0 rings (SSSR count). The molecule has 0 fully saturated rings. The van der Waals surface area contributed by atoms with Crippen molar-refractivity contribution in [2.75, 3.05) is 0 Å². The van der Waals surface area contributed by atoms with Gasteiger partial charge in [-0.2, -0.15) is 0 Å². The number of carboxylic acid groups (broad SMARTS) is 2. The van der Waals surface area contributed by atoms with Crippen LogP contribution in [0.5, 0.6) is 0 Å². The van der Waals surface area contributed by atoms with Gasteiger partial charge in [0.15, 0.2) is 0 Å². The Kier molecular flexibility index (Phi) is 100. The molecule has 0 atom stereocenters. The van der Waals surface area contributed by atoms with Crippen LogP contribution in [0.3, 0.4) is 0 Å². The quantitative estimate of drug-likeness (QED) is 0.404. The van der Waals surface area contributed by atoms with Gasteiger partial charge in [0.2, 0.25) is 0 Å². The van der Waals surface area contributed by atoms with Crippen LogP contribution in [0, 0.1) is 0 Å². The maximum atomic E-state index is 8.36. The molecular formula is C2H4AgO4. The van der Waals surface area contributed by atoms with Gasteiger partial charge in [-0.15, -0.1) is 0 Å². The van der Waals surface area contributed by atoms with Crippen LogP contribution >= 0.6 is 0 Å². The minimum absolute atomic E-state index is 0. The molecule has 0 saturated carbocycles. The van der Waals surface area contributed by atoms with E-state index in [-0.39, 0.29) is 35.3 Å². The summed E-state index contributed by atoms with van der Waals surface area (Å²) in [5.41, 5.74) is 0. The molecule has 2 N–H and O–H groups in total. The first kappa shape index (κ1) is 15.9. The minimum atomic E-state index is -0.250. The molecule has 0 aliphatic heterocycles. The maximum Gasteiger partial charge on any atom is 0.290 e. The van der Waals surface area contributed by atoms with Crippen LogP contribution in [0.4, 0.5) is 0 Å². The summed E-state index contributed by atoms with van der Waals surface area (Å²) in [7, 11) is 0. The Hall–Kier alpha value is -0.320. The van der Waals surface area contributed by atoms with Crippen LogP contribution in [0.25, 0.3) is 0 Å². The van der Waals surface area contributed by atoms with Gasteiger partial charge in [0.25, 0.3) is 12.9 Å². The van der Waals surface area contributed by atoms with Gasteiger partial charge in [-0.3, -0.25) is 9.59 Å². The molecule has 0 saturated heterocycles. The Morgan fingerprint density at radius 3 is 1.00 bits per heavy atom. The van der Waals surface area contributed by atoms with Gasteiger partial charge in [-0.05, 0) is 0 Å². The van der Waals surface area contributed by atoms with E-state index < -0.39 is 0 Å². The molecule has 0 unspecified atom stereocenters. The maximum absolute atomic E-state index is 8.36. The van der Waals surface area contributed by atoms with E-state index in [0.717, 1.165) is 0 Å². The van der Waals surface area contributed by atoms with Crippen LogP contribution in [-0.2, 0) is 32.0 Å². The van der Waals surface area contributed by atoms with Crippen LogP contribution in [0.1, 0.15) is 0 Å². The molecule has 0 aromatic rings. The Labute approximate surface area is 55.7 Å². The van der Waals surface area contributed by atoms with E-state index in [1.807, 2.05) is 0 Å². The molecule has 7 heavy (non-hydrogen) atoms. The largest absolute Gasteiger partial charge is 0.483 e. The summed E-state index contributed by atoms with van der Waals surface area (Å²) < 4.78 is 0. The van der Waals surface area contributed by atoms with Crippen LogP contribution in [0.15, 0.2) is 0 Å². The molecule has 0 bridgehead atoms. The monoisotopic (exact) mass is 199 g/mol. The summed E-state index contributed by atoms with van der Waals surface area (Å²) >= 11 is 0. The molecule has 0 aromatic carbocycles. The zero-order valence-electron chi connectivity index (χ0n) is 3.17. The molecule has 0 aromatic heterocycles. The van der Waals surface area contributed by atoms with Crippen molar-refractivity contribution in [1.82, 2.24) is 0 Å². The average molecular weight is 200 g/mol. The van der Waals surface area contributed by atoms with Crippen molar-refractivity contribution in [1.29, 1.82) is 0 Å². The van der Waals surface area contributed by atoms with Gasteiger partial charge in [0.05, 0.1) is 0 Å². The van der Waals surface area contributed by atoms with E-state index in [9.17, 15) is 0 Å². The van der Waals surface area contributed by atoms with Gasteiger partial charge in [0.1, 0.15) is 0 Å². The molecule has 1 radical (unpaired) electrons. The fourth-order valence-electron chi connectivity index (χ4n) is 0. The minimum Gasteiger partial charge on any atom is -0.483 e. The predicted molar refractivity (Wildman–Crippen MR) is 17.4 cm³/mol. The molecule has 0 amide bonds. The van der Waals surface area contributed by atoms with Crippen molar-refractivity contribution in [2.24, 2.45) is 0 Å². The zero-order chi connectivity index (χ0) is 5.41. The summed E-state index contributed by atoms with van der Waals surface area (Å²) in [4.78, 5) is 16.7. The Morgan fingerprint density at radius 1 is 1.00 bits per heavy atom. The molecule has 0 aliphatic rings. The summed E-state index contributed by atoms with van der Waals surface area (Å²) in [5.74, 6) is 0. The normalized spacial score (nSPS) is 3.43. The van der Waals surface area contributed by atoms with Crippen LogP contribution in [0.2, 0.25) is 0 Å². The molecule has 4 nitrogen and oxygen atoms in total. The third kappa shape index (κ3) is 753. The Morgan fingerprint density at radius 2 is 1.00 bits per heavy atom. The van der Waals surface area contributed by atoms with E-state index in [0.29, 0.717) is 0 Å². The second-order valence-corrected chi connectivity index (χ2v) is 0.211. The fourth-order valence-corrected chi connectivity index (χ4v) is 0. The zero-order valence-corrected chi connectivity index (χ0v) is 4.65. The topological polar surface area (TPSA) is 74.6 Å². The first-order valence-electron chi connectivity index (χ1n) is 0.988. The number of rotatable bonds is 0. The summed E-state index contributed by atoms with van der Waals surface area (Å²) in [6.45, 7) is -0.500.